The van der Waals surface area contributed by atoms with Gasteiger partial charge >= 0.3 is 0 Å². The predicted molar refractivity (Wildman–Crippen MR) is 89.7 cm³/mol. The van der Waals surface area contributed by atoms with Crippen LogP contribution < -0.4 is 5.73 Å². The first kappa shape index (κ1) is 14.6. The molecule has 3 nitrogen and oxygen atoms in total. The molecule has 2 heterocycles. The first-order chi connectivity index (χ1) is 10.3. The van der Waals surface area contributed by atoms with Crippen LogP contribution in [0.25, 0.3) is 10.9 Å². The molecule has 0 bridgehead atoms. The molecule has 1 fully saturated rings. The topological polar surface area (TPSA) is 45.0 Å². The largest absolute Gasteiger partial charge is 0.358 e. The summed E-state index contributed by atoms with van der Waals surface area (Å²) in [6, 6.07) is 9.21. The number of fused-ring (bicyclic) bond motifs is 1. The minimum absolute atomic E-state index is 0.432. The summed E-state index contributed by atoms with van der Waals surface area (Å²) < 4.78 is 0. The molecule has 1 aliphatic heterocycles. The molecule has 2 aromatic rings. The van der Waals surface area contributed by atoms with Gasteiger partial charge in [0.25, 0.3) is 0 Å². The van der Waals surface area contributed by atoms with Gasteiger partial charge in [-0.15, -0.1) is 0 Å². The SMILES string of the molecule is CCN1CCCCC1C(CN)c1c(C)[nH]c2ccccc12. The van der Waals surface area contributed by atoms with Crippen LogP contribution in [0.3, 0.4) is 0 Å². The van der Waals surface area contributed by atoms with E-state index in [-0.39, 0.29) is 0 Å². The predicted octanol–water partition coefficient (Wildman–Crippen LogP) is 3.39. The van der Waals surface area contributed by atoms with E-state index in [1.165, 1.54) is 48.0 Å². The lowest BCUT2D eigenvalue weighted by atomic mass is 9.84. The Morgan fingerprint density at radius 2 is 2.14 bits per heavy atom. The van der Waals surface area contributed by atoms with Gasteiger partial charge in [-0.3, -0.25) is 0 Å². The average Bonchev–Trinajstić information content (AvgIpc) is 2.85. The van der Waals surface area contributed by atoms with E-state index in [4.69, 9.17) is 5.73 Å². The third kappa shape index (κ3) is 2.60. The first-order valence-corrected chi connectivity index (χ1v) is 8.27. The Bertz CT molecular complexity index is 602. The number of aromatic amines is 1. The van der Waals surface area contributed by atoms with Crippen LogP contribution in [-0.4, -0.2) is 35.6 Å². The van der Waals surface area contributed by atoms with Crippen molar-refractivity contribution in [3.8, 4) is 0 Å². The van der Waals surface area contributed by atoms with E-state index in [1.807, 2.05) is 0 Å². The van der Waals surface area contributed by atoms with Crippen LogP contribution in [-0.2, 0) is 0 Å². The van der Waals surface area contributed by atoms with Gasteiger partial charge in [0, 0.05) is 35.1 Å². The number of benzene rings is 1. The maximum absolute atomic E-state index is 6.23. The molecule has 0 radical (unpaired) electrons. The zero-order valence-corrected chi connectivity index (χ0v) is 13.2. The number of H-pyrrole nitrogens is 1. The molecule has 3 N–H and O–H groups in total. The lowest BCUT2D eigenvalue weighted by Gasteiger charge is -2.40. The van der Waals surface area contributed by atoms with E-state index < -0.39 is 0 Å². The summed E-state index contributed by atoms with van der Waals surface area (Å²) >= 11 is 0. The van der Waals surface area contributed by atoms with Gasteiger partial charge in [-0.25, -0.2) is 0 Å². The number of likely N-dealkylation sites (N-methyl/N-ethyl adjacent to an activating group) is 1. The molecule has 1 saturated heterocycles. The van der Waals surface area contributed by atoms with Crippen molar-refractivity contribution < 1.29 is 0 Å². The second-order valence-corrected chi connectivity index (χ2v) is 6.24. The Balaban J connectivity index is 2.03. The molecular weight excluding hydrogens is 258 g/mol. The van der Waals surface area contributed by atoms with E-state index >= 15 is 0 Å². The number of rotatable bonds is 4. The Morgan fingerprint density at radius 3 is 2.90 bits per heavy atom. The summed E-state index contributed by atoms with van der Waals surface area (Å²) in [6.45, 7) is 7.54. The Kier molecular flexibility index (Phi) is 4.32. The van der Waals surface area contributed by atoms with Crippen molar-refractivity contribution in [2.24, 2.45) is 5.73 Å². The highest BCUT2D eigenvalue weighted by atomic mass is 15.2. The molecule has 2 unspecified atom stereocenters. The molecule has 1 aromatic heterocycles. The minimum atomic E-state index is 0.432. The number of aromatic nitrogens is 1. The van der Waals surface area contributed by atoms with Crippen molar-refractivity contribution in [3.05, 3.63) is 35.5 Å². The van der Waals surface area contributed by atoms with Crippen molar-refractivity contribution in [3.63, 3.8) is 0 Å². The Hall–Kier alpha value is -1.32. The van der Waals surface area contributed by atoms with Crippen LogP contribution in [0.15, 0.2) is 24.3 Å². The zero-order chi connectivity index (χ0) is 14.8. The highest BCUT2D eigenvalue weighted by molar-refractivity contribution is 5.85. The second kappa shape index (κ2) is 6.20. The van der Waals surface area contributed by atoms with Crippen molar-refractivity contribution in [2.45, 2.75) is 45.1 Å². The number of hydrogen-bond donors (Lipinski definition) is 2. The van der Waals surface area contributed by atoms with Crippen LogP contribution in [0, 0.1) is 6.92 Å². The lowest BCUT2D eigenvalue weighted by Crippen LogP contribution is -2.45. The van der Waals surface area contributed by atoms with Gasteiger partial charge in [-0.2, -0.15) is 0 Å². The number of nitrogens with one attached hydrogen (secondary N) is 1. The van der Waals surface area contributed by atoms with Crippen molar-refractivity contribution in [1.29, 1.82) is 0 Å². The quantitative estimate of drug-likeness (QED) is 0.904. The van der Waals surface area contributed by atoms with Crippen LogP contribution in [0.5, 0.6) is 0 Å². The summed E-state index contributed by atoms with van der Waals surface area (Å²) in [5, 5.41) is 1.35. The summed E-state index contributed by atoms with van der Waals surface area (Å²) in [5.41, 5.74) is 10.2. The van der Waals surface area contributed by atoms with Crippen LogP contribution in [0.1, 0.15) is 43.4 Å². The molecule has 0 amide bonds. The summed E-state index contributed by atoms with van der Waals surface area (Å²) in [4.78, 5) is 6.17. The monoisotopic (exact) mass is 285 g/mol. The molecule has 0 spiro atoms. The average molecular weight is 285 g/mol. The summed E-state index contributed by atoms with van der Waals surface area (Å²) in [5.74, 6) is 0.432. The number of para-hydroxylation sites is 1. The Labute approximate surface area is 127 Å². The van der Waals surface area contributed by atoms with E-state index in [2.05, 4.69) is 48.0 Å². The van der Waals surface area contributed by atoms with Gasteiger partial charge in [0.05, 0.1) is 0 Å². The molecule has 1 aliphatic rings. The van der Waals surface area contributed by atoms with Crippen LogP contribution in [0.2, 0.25) is 0 Å². The number of hydrogen-bond acceptors (Lipinski definition) is 2. The van der Waals surface area contributed by atoms with Gasteiger partial charge in [-0.05, 0) is 44.5 Å². The van der Waals surface area contributed by atoms with Gasteiger partial charge in [0.1, 0.15) is 0 Å². The van der Waals surface area contributed by atoms with Gasteiger partial charge in [0.2, 0.25) is 0 Å². The highest BCUT2D eigenvalue weighted by Crippen LogP contribution is 2.35. The number of likely N-dealkylation sites (tertiary alicyclic amines) is 1. The van der Waals surface area contributed by atoms with Crippen LogP contribution >= 0.6 is 0 Å². The van der Waals surface area contributed by atoms with E-state index in [9.17, 15) is 0 Å². The normalized spacial score (nSPS) is 21.8. The standard InChI is InChI=1S/C18H27N3/c1-3-21-11-7-6-10-17(21)15(12-19)18-13(2)20-16-9-5-4-8-14(16)18/h4-5,8-9,15,17,20H,3,6-7,10-12,19H2,1-2H3. The smallest absolute Gasteiger partial charge is 0.0458 e. The fourth-order valence-corrected chi connectivity index (χ4v) is 4.11. The molecule has 114 valence electrons. The molecule has 3 heteroatoms. The molecule has 0 aliphatic carbocycles. The van der Waals surface area contributed by atoms with Gasteiger partial charge in [-0.1, -0.05) is 31.5 Å². The fraction of sp³-hybridized carbons (Fsp3) is 0.556. The fourth-order valence-electron chi connectivity index (χ4n) is 4.11. The van der Waals surface area contributed by atoms with E-state index in [1.54, 1.807) is 0 Å². The lowest BCUT2D eigenvalue weighted by molar-refractivity contribution is 0.134. The maximum atomic E-state index is 6.23. The summed E-state index contributed by atoms with van der Waals surface area (Å²) in [7, 11) is 0. The number of aryl methyl sites for hydroxylation is 1. The molecule has 21 heavy (non-hydrogen) atoms. The highest BCUT2D eigenvalue weighted by Gasteiger charge is 2.31. The van der Waals surface area contributed by atoms with Crippen molar-refractivity contribution >= 4 is 10.9 Å². The first-order valence-electron chi connectivity index (χ1n) is 8.27. The molecular formula is C18H27N3. The molecule has 2 atom stereocenters. The molecule has 0 saturated carbocycles. The number of nitrogens with zero attached hydrogens (tertiary/aromatic N) is 1. The van der Waals surface area contributed by atoms with Crippen molar-refractivity contribution in [1.82, 2.24) is 9.88 Å². The minimum Gasteiger partial charge on any atom is -0.358 e. The van der Waals surface area contributed by atoms with E-state index in [0.29, 0.717) is 12.0 Å². The maximum Gasteiger partial charge on any atom is 0.0458 e. The van der Waals surface area contributed by atoms with Gasteiger partial charge in [0.15, 0.2) is 0 Å². The van der Waals surface area contributed by atoms with Crippen LogP contribution in [0.4, 0.5) is 0 Å². The van der Waals surface area contributed by atoms with Crippen molar-refractivity contribution in [2.75, 3.05) is 19.6 Å². The number of piperidine rings is 1. The summed E-state index contributed by atoms with van der Waals surface area (Å²) in [6.07, 6.45) is 3.93. The third-order valence-corrected chi connectivity index (χ3v) is 5.10. The van der Waals surface area contributed by atoms with E-state index in [0.717, 1.165) is 13.1 Å². The molecule has 1 aromatic carbocycles. The van der Waals surface area contributed by atoms with Gasteiger partial charge < -0.3 is 15.6 Å². The molecule has 3 rings (SSSR count). The Morgan fingerprint density at radius 1 is 1.33 bits per heavy atom. The zero-order valence-electron chi connectivity index (χ0n) is 13.2. The number of nitrogens with two attached hydrogens (primary N) is 1. The third-order valence-electron chi connectivity index (χ3n) is 5.10. The second-order valence-electron chi connectivity index (χ2n) is 6.24.